The molecule has 26 heavy (non-hydrogen) atoms. The van der Waals surface area contributed by atoms with Crippen LogP contribution in [0.1, 0.15) is 45.7 Å². The zero-order valence-electron chi connectivity index (χ0n) is 16.6. The maximum Gasteiger partial charge on any atom is 0.414 e. The second kappa shape index (κ2) is 11.9. The molecule has 1 amide bonds. The molecule has 3 heteroatoms. The molecule has 0 saturated heterocycles. The van der Waals surface area contributed by atoms with E-state index >= 15 is 0 Å². The van der Waals surface area contributed by atoms with Crippen molar-refractivity contribution in [3.8, 4) is 0 Å². The summed E-state index contributed by atoms with van der Waals surface area (Å²) in [6, 6.07) is 17.9. The summed E-state index contributed by atoms with van der Waals surface area (Å²) in [5, 5.41) is 0. The highest BCUT2D eigenvalue weighted by Gasteiger charge is 2.31. The van der Waals surface area contributed by atoms with Crippen LogP contribution in [0.5, 0.6) is 0 Å². The summed E-state index contributed by atoms with van der Waals surface area (Å²) in [7, 11) is 0. The van der Waals surface area contributed by atoms with Gasteiger partial charge < -0.3 is 4.74 Å². The second-order valence-corrected chi connectivity index (χ2v) is 5.76. The maximum absolute atomic E-state index is 12.3. The molecular weight excluding hydrogens is 322 g/mol. The summed E-state index contributed by atoms with van der Waals surface area (Å²) < 4.78 is 5.43. The number of amides is 1. The lowest BCUT2D eigenvalue weighted by atomic mass is 10.1. The quantitative estimate of drug-likeness (QED) is 0.586. The number of rotatable bonds is 2. The summed E-state index contributed by atoms with van der Waals surface area (Å²) in [5.41, 5.74) is 3.18. The van der Waals surface area contributed by atoms with Crippen LogP contribution in [0.25, 0.3) is 0 Å². The first-order chi connectivity index (χ1) is 12.7. The molecule has 3 nitrogen and oxygen atoms in total. The molecule has 0 spiro atoms. The Labute approximate surface area is 158 Å². The third kappa shape index (κ3) is 6.07. The van der Waals surface area contributed by atoms with E-state index in [9.17, 15) is 4.79 Å². The number of ether oxygens (including phenoxy) is 1. The lowest BCUT2D eigenvalue weighted by molar-refractivity contribution is 0.145. The molecule has 0 aromatic heterocycles. The van der Waals surface area contributed by atoms with Gasteiger partial charge in [0.2, 0.25) is 0 Å². The van der Waals surface area contributed by atoms with E-state index in [0.717, 1.165) is 17.7 Å². The van der Waals surface area contributed by atoms with Crippen molar-refractivity contribution < 1.29 is 9.53 Å². The van der Waals surface area contributed by atoms with Gasteiger partial charge in [0.1, 0.15) is 6.61 Å². The van der Waals surface area contributed by atoms with E-state index in [-0.39, 0.29) is 12.1 Å². The molecule has 2 aromatic rings. The zero-order valence-corrected chi connectivity index (χ0v) is 16.6. The molecule has 1 heterocycles. The largest absolute Gasteiger partial charge is 0.444 e. The minimum Gasteiger partial charge on any atom is -0.444 e. The van der Waals surface area contributed by atoms with Crippen molar-refractivity contribution in [2.24, 2.45) is 0 Å². The van der Waals surface area contributed by atoms with Crippen LogP contribution < -0.4 is 4.90 Å². The van der Waals surface area contributed by atoms with Crippen molar-refractivity contribution in [2.45, 2.75) is 53.7 Å². The van der Waals surface area contributed by atoms with E-state index in [0.29, 0.717) is 6.61 Å². The Morgan fingerprint density at radius 1 is 1.04 bits per heavy atom. The van der Waals surface area contributed by atoms with Gasteiger partial charge in [-0.25, -0.2) is 4.79 Å². The first-order valence-corrected chi connectivity index (χ1v) is 9.32. The summed E-state index contributed by atoms with van der Waals surface area (Å²) in [6.45, 7) is 10.4. The predicted octanol–water partition coefficient (Wildman–Crippen LogP) is 6.38. The molecule has 140 valence electrons. The van der Waals surface area contributed by atoms with Crippen molar-refractivity contribution in [1.29, 1.82) is 0 Å². The number of carbonyl (C=O) groups excluding carboxylic acids is 1. The van der Waals surface area contributed by atoms with Crippen LogP contribution in [0, 0.1) is 0 Å². The van der Waals surface area contributed by atoms with Gasteiger partial charge in [0.05, 0.1) is 5.69 Å². The number of fused-ring (bicyclic) bond motifs is 1. The summed E-state index contributed by atoms with van der Waals surface area (Å²) in [4.78, 5) is 14.0. The summed E-state index contributed by atoms with van der Waals surface area (Å²) in [5.74, 6) is 0. The Morgan fingerprint density at radius 3 is 2.23 bits per heavy atom. The molecule has 0 saturated carbocycles. The molecule has 1 aliphatic heterocycles. The minimum absolute atomic E-state index is 0.149. The molecule has 0 bridgehead atoms. The lowest BCUT2D eigenvalue weighted by Crippen LogP contribution is -2.36. The van der Waals surface area contributed by atoms with Gasteiger partial charge in [0.25, 0.3) is 0 Å². The van der Waals surface area contributed by atoms with Gasteiger partial charge >= 0.3 is 6.09 Å². The molecule has 3 rings (SSSR count). The third-order valence-corrected chi connectivity index (χ3v) is 3.94. The fourth-order valence-corrected chi connectivity index (χ4v) is 2.63. The van der Waals surface area contributed by atoms with E-state index < -0.39 is 0 Å². The van der Waals surface area contributed by atoms with Crippen LogP contribution in [-0.2, 0) is 17.8 Å². The summed E-state index contributed by atoms with van der Waals surface area (Å²) >= 11 is 0. The molecular formula is C23H31NO2. The lowest BCUT2D eigenvalue weighted by Gasteiger charge is -2.22. The van der Waals surface area contributed by atoms with Gasteiger partial charge in [-0.2, -0.15) is 0 Å². The van der Waals surface area contributed by atoms with Crippen molar-refractivity contribution in [3.63, 3.8) is 0 Å². The van der Waals surface area contributed by atoms with Crippen LogP contribution in [0.2, 0.25) is 0 Å². The number of allylic oxidation sites excluding steroid dienone is 2. The van der Waals surface area contributed by atoms with Gasteiger partial charge in [0, 0.05) is 6.04 Å². The smallest absolute Gasteiger partial charge is 0.414 e. The molecule has 1 atom stereocenters. The van der Waals surface area contributed by atoms with E-state index in [1.165, 1.54) is 5.56 Å². The maximum atomic E-state index is 12.3. The normalized spacial score (nSPS) is 14.7. The first kappa shape index (κ1) is 21.5. The number of nitrogens with zero attached hydrogens (tertiary/aromatic N) is 1. The number of benzene rings is 2. The molecule has 0 N–H and O–H groups in total. The molecule has 1 unspecified atom stereocenters. The van der Waals surface area contributed by atoms with E-state index in [1.807, 2.05) is 95.3 Å². The number of hydrogen-bond acceptors (Lipinski definition) is 2. The highest BCUT2D eigenvalue weighted by Crippen LogP contribution is 2.32. The van der Waals surface area contributed by atoms with Crippen molar-refractivity contribution >= 4 is 11.8 Å². The molecule has 0 aliphatic carbocycles. The van der Waals surface area contributed by atoms with Crippen molar-refractivity contribution in [3.05, 3.63) is 77.9 Å². The van der Waals surface area contributed by atoms with Crippen LogP contribution >= 0.6 is 0 Å². The zero-order chi connectivity index (χ0) is 19.4. The first-order valence-electron chi connectivity index (χ1n) is 9.32. The Balaban J connectivity index is 0.000000500. The Hall–Kier alpha value is -2.55. The summed E-state index contributed by atoms with van der Waals surface area (Å²) in [6.07, 6.45) is 4.61. The fourth-order valence-electron chi connectivity index (χ4n) is 2.63. The third-order valence-electron chi connectivity index (χ3n) is 3.94. The molecule has 0 fully saturated rings. The van der Waals surface area contributed by atoms with E-state index in [2.05, 4.69) is 6.07 Å². The van der Waals surface area contributed by atoms with E-state index in [4.69, 9.17) is 4.74 Å². The number of anilines is 1. The predicted molar refractivity (Wildman–Crippen MR) is 111 cm³/mol. The highest BCUT2D eigenvalue weighted by atomic mass is 16.6. The Bertz CT molecular complexity index is 676. The number of hydrogen-bond donors (Lipinski definition) is 0. The number of para-hydroxylation sites is 1. The fraction of sp³-hybridized carbons (Fsp3) is 0.348. The Morgan fingerprint density at radius 2 is 1.62 bits per heavy atom. The topological polar surface area (TPSA) is 29.5 Å². The monoisotopic (exact) mass is 353 g/mol. The van der Waals surface area contributed by atoms with Gasteiger partial charge in [-0.1, -0.05) is 74.5 Å². The average Bonchev–Trinajstić information content (AvgIpc) is 3.04. The minimum atomic E-state index is -0.272. The SMILES string of the molecule is C/C=C\C.CC.CC1Cc2ccccc2N1C(=O)OCc1ccccc1. The van der Waals surface area contributed by atoms with Crippen LogP contribution in [0.4, 0.5) is 10.5 Å². The second-order valence-electron chi connectivity index (χ2n) is 5.76. The van der Waals surface area contributed by atoms with Crippen molar-refractivity contribution in [2.75, 3.05) is 4.90 Å². The molecule has 2 aromatic carbocycles. The Kier molecular flexibility index (Phi) is 9.85. The van der Waals surface area contributed by atoms with Crippen LogP contribution in [0.3, 0.4) is 0 Å². The van der Waals surface area contributed by atoms with Crippen molar-refractivity contribution in [1.82, 2.24) is 0 Å². The standard InChI is InChI=1S/C17H17NO2.C4H8.C2H6/c1-13-11-15-9-5-6-10-16(15)18(13)17(19)20-12-14-7-3-2-4-8-14;1-3-4-2;1-2/h2-10,13H,11-12H2,1H3;3-4H,1-2H3;1-2H3/b;4-3-;. The average molecular weight is 354 g/mol. The van der Waals surface area contributed by atoms with Gasteiger partial charge in [-0.3, -0.25) is 4.90 Å². The number of carbonyl (C=O) groups is 1. The molecule has 1 aliphatic rings. The molecule has 0 radical (unpaired) electrons. The van der Waals surface area contributed by atoms with Crippen LogP contribution in [0.15, 0.2) is 66.7 Å². The van der Waals surface area contributed by atoms with Gasteiger partial charge in [-0.05, 0) is 44.4 Å². The van der Waals surface area contributed by atoms with E-state index in [1.54, 1.807) is 4.90 Å². The van der Waals surface area contributed by atoms with Gasteiger partial charge in [-0.15, -0.1) is 0 Å². The highest BCUT2D eigenvalue weighted by molar-refractivity contribution is 5.91. The van der Waals surface area contributed by atoms with Gasteiger partial charge in [0.15, 0.2) is 0 Å². The van der Waals surface area contributed by atoms with Crippen LogP contribution in [-0.4, -0.2) is 12.1 Å².